The molecular weight excluding hydrogens is 230 g/mol. The number of carbonyl (C=O) groups excluding carboxylic acids is 1. The Bertz CT molecular complexity index is 492. The SMILES string of the molecule is Nc1ccc(CC(=O)NCCn2ccnn2)cc1. The lowest BCUT2D eigenvalue weighted by Gasteiger charge is -2.05. The molecule has 1 amide bonds. The molecule has 0 spiro atoms. The van der Waals surface area contributed by atoms with Crippen LogP contribution in [0.1, 0.15) is 5.56 Å². The molecule has 6 nitrogen and oxygen atoms in total. The lowest BCUT2D eigenvalue weighted by Crippen LogP contribution is -2.28. The van der Waals surface area contributed by atoms with Gasteiger partial charge in [-0.1, -0.05) is 17.3 Å². The number of anilines is 1. The molecule has 0 aliphatic rings. The fraction of sp³-hybridized carbons (Fsp3) is 0.250. The monoisotopic (exact) mass is 245 g/mol. The smallest absolute Gasteiger partial charge is 0.224 e. The maximum Gasteiger partial charge on any atom is 0.224 e. The number of hydrogen-bond donors (Lipinski definition) is 2. The highest BCUT2D eigenvalue weighted by Gasteiger charge is 2.02. The molecule has 0 radical (unpaired) electrons. The van der Waals surface area contributed by atoms with Crippen LogP contribution in [0.2, 0.25) is 0 Å². The van der Waals surface area contributed by atoms with E-state index in [1.807, 2.05) is 12.1 Å². The zero-order chi connectivity index (χ0) is 12.8. The fourth-order valence-corrected chi connectivity index (χ4v) is 1.55. The first-order chi connectivity index (χ1) is 8.74. The van der Waals surface area contributed by atoms with Crippen LogP contribution in [0.25, 0.3) is 0 Å². The number of nitrogens with one attached hydrogen (secondary N) is 1. The molecule has 1 aromatic carbocycles. The maximum absolute atomic E-state index is 11.6. The van der Waals surface area contributed by atoms with Gasteiger partial charge in [0.25, 0.3) is 0 Å². The van der Waals surface area contributed by atoms with Crippen LogP contribution < -0.4 is 11.1 Å². The molecule has 0 atom stereocenters. The predicted molar refractivity (Wildman–Crippen MR) is 67.6 cm³/mol. The van der Waals surface area contributed by atoms with E-state index in [2.05, 4.69) is 15.6 Å². The number of carbonyl (C=O) groups is 1. The Morgan fingerprint density at radius 2 is 2.11 bits per heavy atom. The lowest BCUT2D eigenvalue weighted by molar-refractivity contribution is -0.120. The maximum atomic E-state index is 11.6. The highest BCUT2D eigenvalue weighted by molar-refractivity contribution is 5.78. The highest BCUT2D eigenvalue weighted by Crippen LogP contribution is 2.05. The summed E-state index contributed by atoms with van der Waals surface area (Å²) in [7, 11) is 0. The Kier molecular flexibility index (Phi) is 3.90. The summed E-state index contributed by atoms with van der Waals surface area (Å²) in [5, 5.41) is 10.3. The van der Waals surface area contributed by atoms with Crippen molar-refractivity contribution in [1.29, 1.82) is 0 Å². The molecule has 0 fully saturated rings. The van der Waals surface area contributed by atoms with Crippen LogP contribution in [0.3, 0.4) is 0 Å². The summed E-state index contributed by atoms with van der Waals surface area (Å²) in [6, 6.07) is 7.29. The molecule has 0 saturated carbocycles. The van der Waals surface area contributed by atoms with E-state index in [-0.39, 0.29) is 5.91 Å². The largest absolute Gasteiger partial charge is 0.399 e. The van der Waals surface area contributed by atoms with E-state index in [0.717, 1.165) is 5.56 Å². The Hall–Kier alpha value is -2.37. The van der Waals surface area contributed by atoms with Crippen LogP contribution >= 0.6 is 0 Å². The number of rotatable bonds is 5. The van der Waals surface area contributed by atoms with Crippen LogP contribution in [0, 0.1) is 0 Å². The van der Waals surface area contributed by atoms with E-state index in [4.69, 9.17) is 5.73 Å². The first kappa shape index (κ1) is 12.1. The van der Waals surface area contributed by atoms with Gasteiger partial charge in [-0.25, -0.2) is 0 Å². The van der Waals surface area contributed by atoms with Gasteiger partial charge in [-0.05, 0) is 17.7 Å². The standard InChI is InChI=1S/C12H15N5O/c13-11-3-1-10(2-4-11)9-12(18)14-5-7-17-8-6-15-16-17/h1-4,6,8H,5,7,9,13H2,(H,14,18). The van der Waals surface area contributed by atoms with Crippen molar-refractivity contribution in [1.82, 2.24) is 20.3 Å². The molecule has 2 aromatic rings. The van der Waals surface area contributed by atoms with Crippen LogP contribution in [-0.4, -0.2) is 27.4 Å². The van der Waals surface area contributed by atoms with Gasteiger partial charge in [-0.2, -0.15) is 0 Å². The predicted octanol–water partition coefficient (Wildman–Crippen LogP) is 0.219. The Morgan fingerprint density at radius 1 is 1.33 bits per heavy atom. The van der Waals surface area contributed by atoms with E-state index in [1.165, 1.54) is 0 Å². The first-order valence-electron chi connectivity index (χ1n) is 5.69. The molecule has 0 aliphatic heterocycles. The van der Waals surface area contributed by atoms with Gasteiger partial charge < -0.3 is 11.1 Å². The van der Waals surface area contributed by atoms with Gasteiger partial charge in [0.1, 0.15) is 0 Å². The van der Waals surface area contributed by atoms with Gasteiger partial charge in [0.2, 0.25) is 5.91 Å². The number of hydrogen-bond acceptors (Lipinski definition) is 4. The van der Waals surface area contributed by atoms with E-state index in [1.54, 1.807) is 29.2 Å². The fourth-order valence-electron chi connectivity index (χ4n) is 1.55. The summed E-state index contributed by atoms with van der Waals surface area (Å²) in [5.74, 6) is -0.0140. The zero-order valence-corrected chi connectivity index (χ0v) is 9.91. The summed E-state index contributed by atoms with van der Waals surface area (Å²) >= 11 is 0. The van der Waals surface area contributed by atoms with Crippen LogP contribution in [-0.2, 0) is 17.8 Å². The number of nitrogens with zero attached hydrogens (tertiary/aromatic N) is 3. The number of amides is 1. The zero-order valence-electron chi connectivity index (χ0n) is 9.91. The molecule has 3 N–H and O–H groups in total. The summed E-state index contributed by atoms with van der Waals surface area (Å²) in [6.45, 7) is 1.16. The molecule has 0 unspecified atom stereocenters. The molecular formula is C12H15N5O. The second kappa shape index (κ2) is 5.81. The van der Waals surface area contributed by atoms with Gasteiger partial charge in [0, 0.05) is 18.4 Å². The molecule has 0 aliphatic carbocycles. The van der Waals surface area contributed by atoms with Crippen LogP contribution in [0.5, 0.6) is 0 Å². The van der Waals surface area contributed by atoms with Gasteiger partial charge in [-0.15, -0.1) is 5.10 Å². The van der Waals surface area contributed by atoms with Gasteiger partial charge in [0.15, 0.2) is 0 Å². The van der Waals surface area contributed by atoms with Crippen LogP contribution in [0.4, 0.5) is 5.69 Å². The molecule has 0 bridgehead atoms. The normalized spacial score (nSPS) is 10.2. The molecule has 1 aromatic heterocycles. The Morgan fingerprint density at radius 3 is 2.78 bits per heavy atom. The number of nitrogens with two attached hydrogens (primary N) is 1. The van der Waals surface area contributed by atoms with Gasteiger partial charge in [0.05, 0.1) is 19.2 Å². The lowest BCUT2D eigenvalue weighted by atomic mass is 10.1. The second-order valence-electron chi connectivity index (χ2n) is 3.93. The van der Waals surface area contributed by atoms with Crippen molar-refractivity contribution >= 4 is 11.6 Å². The molecule has 94 valence electrons. The average Bonchev–Trinajstić information content (AvgIpc) is 2.85. The third kappa shape index (κ3) is 3.58. The first-order valence-corrected chi connectivity index (χ1v) is 5.69. The highest BCUT2D eigenvalue weighted by atomic mass is 16.1. The minimum atomic E-state index is -0.0140. The van der Waals surface area contributed by atoms with Crippen molar-refractivity contribution in [2.24, 2.45) is 0 Å². The number of aromatic nitrogens is 3. The van der Waals surface area contributed by atoms with Crippen molar-refractivity contribution in [3.05, 3.63) is 42.2 Å². The summed E-state index contributed by atoms with van der Waals surface area (Å²) in [4.78, 5) is 11.6. The van der Waals surface area contributed by atoms with E-state index >= 15 is 0 Å². The summed E-state index contributed by atoms with van der Waals surface area (Å²) in [5.41, 5.74) is 7.22. The van der Waals surface area contributed by atoms with Gasteiger partial charge >= 0.3 is 0 Å². The quantitative estimate of drug-likeness (QED) is 0.738. The second-order valence-corrected chi connectivity index (χ2v) is 3.93. The van der Waals surface area contributed by atoms with Crippen molar-refractivity contribution in [2.45, 2.75) is 13.0 Å². The van der Waals surface area contributed by atoms with E-state index in [0.29, 0.717) is 25.2 Å². The molecule has 2 rings (SSSR count). The number of benzene rings is 1. The topological polar surface area (TPSA) is 85.8 Å². The number of nitrogen functional groups attached to an aromatic ring is 1. The molecule has 1 heterocycles. The minimum Gasteiger partial charge on any atom is -0.399 e. The van der Waals surface area contributed by atoms with Crippen LogP contribution in [0.15, 0.2) is 36.7 Å². The van der Waals surface area contributed by atoms with Crippen molar-refractivity contribution in [2.75, 3.05) is 12.3 Å². The summed E-state index contributed by atoms with van der Waals surface area (Å²) < 4.78 is 1.67. The van der Waals surface area contributed by atoms with Gasteiger partial charge in [-0.3, -0.25) is 9.48 Å². The minimum absolute atomic E-state index is 0.0140. The summed E-state index contributed by atoms with van der Waals surface area (Å²) in [6.07, 6.45) is 3.72. The van der Waals surface area contributed by atoms with Crippen molar-refractivity contribution < 1.29 is 4.79 Å². The van der Waals surface area contributed by atoms with E-state index in [9.17, 15) is 4.79 Å². The van der Waals surface area contributed by atoms with Crippen molar-refractivity contribution in [3.63, 3.8) is 0 Å². The molecule has 18 heavy (non-hydrogen) atoms. The van der Waals surface area contributed by atoms with Crippen molar-refractivity contribution in [3.8, 4) is 0 Å². The average molecular weight is 245 g/mol. The van der Waals surface area contributed by atoms with E-state index < -0.39 is 0 Å². The molecule has 0 saturated heterocycles. The molecule has 6 heteroatoms. The Balaban J connectivity index is 1.73. The third-order valence-electron chi connectivity index (χ3n) is 2.48. The third-order valence-corrected chi connectivity index (χ3v) is 2.48. The Labute approximate surface area is 105 Å².